The lowest BCUT2D eigenvalue weighted by Gasteiger charge is -2.18. The van der Waals surface area contributed by atoms with Crippen molar-refractivity contribution in [2.45, 2.75) is 19.4 Å². The van der Waals surface area contributed by atoms with Gasteiger partial charge in [-0.1, -0.05) is 18.2 Å². The second-order valence-corrected chi connectivity index (χ2v) is 5.69. The van der Waals surface area contributed by atoms with Gasteiger partial charge in [0.15, 0.2) is 0 Å². The largest absolute Gasteiger partial charge is 0.483 e. The Labute approximate surface area is 117 Å². The number of aryl methyl sites for hydroxylation is 1. The summed E-state index contributed by atoms with van der Waals surface area (Å²) in [6, 6.07) is 11.9. The molecule has 0 radical (unpaired) electrons. The Bertz CT molecular complexity index is 524. The highest BCUT2D eigenvalue weighted by Crippen LogP contribution is 2.29. The molecule has 0 saturated carbocycles. The number of hydrogen-bond donors (Lipinski definition) is 2. The Balaban J connectivity index is 2.18. The van der Waals surface area contributed by atoms with Gasteiger partial charge in [-0.2, -0.15) is 0 Å². The lowest BCUT2D eigenvalue weighted by molar-refractivity contribution is 0.213. The number of ether oxygens (including phenoxy) is 1. The van der Waals surface area contributed by atoms with Gasteiger partial charge in [0, 0.05) is 22.9 Å². The maximum absolute atomic E-state index is 9.08. The van der Waals surface area contributed by atoms with Gasteiger partial charge in [-0.15, -0.1) is 11.3 Å². The topological polar surface area (TPSA) is 55.5 Å². The maximum Gasteiger partial charge on any atom is 0.145 e. The van der Waals surface area contributed by atoms with Crippen LogP contribution in [-0.4, -0.2) is 18.3 Å². The van der Waals surface area contributed by atoms with Gasteiger partial charge >= 0.3 is 0 Å². The number of aliphatic hydroxyl groups excluding tert-OH is 1. The van der Waals surface area contributed by atoms with Gasteiger partial charge in [0.1, 0.15) is 11.9 Å². The quantitative estimate of drug-likeness (QED) is 0.853. The van der Waals surface area contributed by atoms with Crippen LogP contribution in [0.2, 0.25) is 0 Å². The fraction of sp³-hybridized carbons (Fsp3) is 0.333. The molecular weight excluding hydrogens is 258 g/mol. The minimum absolute atomic E-state index is 0.117. The molecule has 1 heterocycles. The Hall–Kier alpha value is -1.36. The van der Waals surface area contributed by atoms with Crippen LogP contribution in [0.15, 0.2) is 36.4 Å². The van der Waals surface area contributed by atoms with E-state index in [1.807, 2.05) is 24.3 Å². The van der Waals surface area contributed by atoms with Crippen LogP contribution in [0.4, 0.5) is 0 Å². The van der Waals surface area contributed by atoms with Gasteiger partial charge in [-0.3, -0.25) is 0 Å². The van der Waals surface area contributed by atoms with Crippen LogP contribution in [0.1, 0.15) is 21.4 Å². The van der Waals surface area contributed by atoms with Crippen molar-refractivity contribution in [2.24, 2.45) is 5.73 Å². The number of hydrogen-bond acceptors (Lipinski definition) is 4. The van der Waals surface area contributed by atoms with E-state index >= 15 is 0 Å². The molecule has 4 heteroatoms. The van der Waals surface area contributed by atoms with Gasteiger partial charge in [0.2, 0.25) is 0 Å². The highest BCUT2D eigenvalue weighted by Gasteiger charge is 2.15. The average molecular weight is 277 g/mol. The molecule has 0 aliphatic rings. The van der Waals surface area contributed by atoms with Crippen LogP contribution >= 0.6 is 11.3 Å². The maximum atomic E-state index is 9.08. The van der Waals surface area contributed by atoms with Gasteiger partial charge < -0.3 is 15.6 Å². The number of thiophene rings is 1. The molecule has 1 atom stereocenters. The molecule has 19 heavy (non-hydrogen) atoms. The van der Waals surface area contributed by atoms with E-state index < -0.39 is 0 Å². The summed E-state index contributed by atoms with van der Waals surface area (Å²) in [6.45, 7) is 2.63. The Morgan fingerprint density at radius 1 is 1.26 bits per heavy atom. The van der Waals surface area contributed by atoms with Crippen molar-refractivity contribution in [1.29, 1.82) is 0 Å². The molecule has 102 valence electrons. The van der Waals surface area contributed by atoms with Crippen LogP contribution in [-0.2, 0) is 6.42 Å². The van der Waals surface area contributed by atoms with Crippen molar-refractivity contribution < 1.29 is 9.84 Å². The molecule has 0 aliphatic carbocycles. The van der Waals surface area contributed by atoms with E-state index in [9.17, 15) is 0 Å². The molecule has 2 aromatic rings. The highest BCUT2D eigenvalue weighted by molar-refractivity contribution is 7.12. The molecule has 1 unspecified atom stereocenters. The molecule has 0 fully saturated rings. The zero-order valence-electron chi connectivity index (χ0n) is 11.0. The van der Waals surface area contributed by atoms with Crippen LogP contribution < -0.4 is 10.5 Å². The molecule has 0 saturated heterocycles. The monoisotopic (exact) mass is 277 g/mol. The third-order valence-electron chi connectivity index (χ3n) is 2.92. The summed E-state index contributed by atoms with van der Waals surface area (Å²) in [5.74, 6) is 0.804. The standard InChI is InChI=1S/C15H19NO2S/c1-11-6-7-15(19-11)14(10-16)18-13-5-3-2-4-12(13)8-9-17/h2-7,14,17H,8-10,16H2,1H3. The highest BCUT2D eigenvalue weighted by atomic mass is 32.1. The zero-order valence-corrected chi connectivity index (χ0v) is 11.8. The van der Waals surface area contributed by atoms with E-state index in [4.69, 9.17) is 15.6 Å². The normalized spacial score (nSPS) is 12.4. The average Bonchev–Trinajstić information content (AvgIpc) is 2.84. The molecule has 0 aliphatic heterocycles. The molecule has 0 spiro atoms. The summed E-state index contributed by atoms with van der Waals surface area (Å²) in [6.07, 6.45) is 0.468. The van der Waals surface area contributed by atoms with Crippen LogP contribution in [0, 0.1) is 6.92 Å². The molecule has 1 aromatic heterocycles. The second-order valence-electron chi connectivity index (χ2n) is 4.37. The number of benzene rings is 1. The predicted molar refractivity (Wildman–Crippen MR) is 78.7 cm³/mol. The lowest BCUT2D eigenvalue weighted by Crippen LogP contribution is -2.18. The second kappa shape index (κ2) is 6.70. The molecule has 3 N–H and O–H groups in total. The first kappa shape index (κ1) is 14.1. The zero-order chi connectivity index (χ0) is 13.7. The Kier molecular flexibility index (Phi) is 4.96. The van der Waals surface area contributed by atoms with Crippen molar-refractivity contribution in [3.63, 3.8) is 0 Å². The van der Waals surface area contributed by atoms with Crippen molar-refractivity contribution in [1.82, 2.24) is 0 Å². The summed E-state index contributed by atoms with van der Waals surface area (Å²) < 4.78 is 6.02. The summed E-state index contributed by atoms with van der Waals surface area (Å²) in [4.78, 5) is 2.39. The summed E-state index contributed by atoms with van der Waals surface area (Å²) >= 11 is 1.70. The summed E-state index contributed by atoms with van der Waals surface area (Å²) in [5, 5.41) is 9.08. The molecule has 3 nitrogen and oxygen atoms in total. The first-order valence-electron chi connectivity index (χ1n) is 6.36. The third kappa shape index (κ3) is 3.56. The van der Waals surface area contributed by atoms with Gasteiger partial charge in [-0.05, 0) is 37.1 Å². The first-order valence-corrected chi connectivity index (χ1v) is 7.18. The van der Waals surface area contributed by atoms with E-state index in [0.717, 1.165) is 16.2 Å². The first-order chi connectivity index (χ1) is 9.24. The third-order valence-corrected chi connectivity index (χ3v) is 4.01. The van der Waals surface area contributed by atoms with E-state index in [0.29, 0.717) is 13.0 Å². The predicted octanol–water partition coefficient (Wildman–Crippen LogP) is 2.67. The minimum Gasteiger partial charge on any atom is -0.483 e. The van der Waals surface area contributed by atoms with Crippen molar-refractivity contribution in [2.75, 3.05) is 13.2 Å². The Morgan fingerprint density at radius 3 is 2.68 bits per heavy atom. The Morgan fingerprint density at radius 2 is 2.05 bits per heavy atom. The smallest absolute Gasteiger partial charge is 0.145 e. The van der Waals surface area contributed by atoms with Gasteiger partial charge in [-0.25, -0.2) is 0 Å². The SMILES string of the molecule is Cc1ccc(C(CN)Oc2ccccc2CCO)s1. The van der Waals surface area contributed by atoms with Crippen molar-refractivity contribution >= 4 is 11.3 Å². The number of nitrogens with two attached hydrogens (primary N) is 1. The van der Waals surface area contributed by atoms with Crippen molar-refractivity contribution in [3.05, 3.63) is 51.7 Å². The van der Waals surface area contributed by atoms with E-state index in [1.165, 1.54) is 4.88 Å². The molecule has 1 aromatic carbocycles. The number of rotatable bonds is 6. The number of para-hydroxylation sites is 1. The molecule has 0 bridgehead atoms. The molecule has 2 rings (SSSR count). The van der Waals surface area contributed by atoms with Crippen molar-refractivity contribution in [3.8, 4) is 5.75 Å². The lowest BCUT2D eigenvalue weighted by atomic mass is 10.1. The summed E-state index contributed by atoms with van der Waals surface area (Å²) in [7, 11) is 0. The van der Waals surface area contributed by atoms with Crippen LogP contribution in [0.25, 0.3) is 0 Å². The van der Waals surface area contributed by atoms with E-state index in [-0.39, 0.29) is 12.7 Å². The van der Waals surface area contributed by atoms with E-state index in [2.05, 4.69) is 19.1 Å². The van der Waals surface area contributed by atoms with Gasteiger partial charge in [0.05, 0.1) is 0 Å². The molecular formula is C15H19NO2S. The minimum atomic E-state index is -0.126. The fourth-order valence-corrected chi connectivity index (χ4v) is 2.87. The molecule has 0 amide bonds. The fourth-order valence-electron chi connectivity index (χ4n) is 1.95. The number of aliphatic hydroxyl groups is 1. The van der Waals surface area contributed by atoms with Crippen LogP contribution in [0.5, 0.6) is 5.75 Å². The summed E-state index contributed by atoms with van der Waals surface area (Å²) in [5.41, 5.74) is 6.83. The van der Waals surface area contributed by atoms with Crippen LogP contribution in [0.3, 0.4) is 0 Å². The van der Waals surface area contributed by atoms with Gasteiger partial charge in [0.25, 0.3) is 0 Å². The van der Waals surface area contributed by atoms with E-state index in [1.54, 1.807) is 11.3 Å².